The second-order valence-electron chi connectivity index (χ2n) is 8.88. The summed E-state index contributed by atoms with van der Waals surface area (Å²) in [6.45, 7) is 5.70. The highest BCUT2D eigenvalue weighted by Crippen LogP contribution is 2.28. The summed E-state index contributed by atoms with van der Waals surface area (Å²) in [5.41, 5.74) is 0. The molecule has 0 unspecified atom stereocenters. The first kappa shape index (κ1) is 35.7. The number of carbonyl (C=O) groups is 3. The topological polar surface area (TPSA) is 125 Å². The molecule has 0 aromatic heterocycles. The molecule has 1 saturated carbocycles. The lowest BCUT2D eigenvalue weighted by atomic mass is 9.98. The highest BCUT2D eigenvalue weighted by molar-refractivity contribution is 5.78. The van der Waals surface area contributed by atoms with Crippen LogP contribution >= 0.6 is 0 Å². The fraction of sp³-hybridized carbons (Fsp3) is 0.815. The Kier molecular flexibility index (Phi) is 28.6. The Morgan fingerprint density at radius 1 is 1.00 bits per heavy atom. The Bertz CT molecular complexity index is 576. The van der Waals surface area contributed by atoms with Gasteiger partial charge in [0.05, 0.1) is 0 Å². The number of ketones is 1. The van der Waals surface area contributed by atoms with Crippen molar-refractivity contribution in [1.29, 1.82) is 0 Å². The summed E-state index contributed by atoms with van der Waals surface area (Å²) >= 11 is 0. The number of nitrogens with one attached hydrogen (secondary N) is 1. The highest BCUT2D eigenvalue weighted by atomic mass is 17.0. The van der Waals surface area contributed by atoms with Gasteiger partial charge >= 0.3 is 5.97 Å². The monoisotopic (exact) mass is 514 g/mol. The molecule has 9 heteroatoms. The number of carbonyl (C=O) groups excluding carboxylic acids is 3. The van der Waals surface area contributed by atoms with Crippen LogP contribution in [0.3, 0.4) is 0 Å². The summed E-state index contributed by atoms with van der Waals surface area (Å²) < 4.78 is 4.40. The van der Waals surface area contributed by atoms with Crippen LogP contribution in [0.25, 0.3) is 0 Å². The van der Waals surface area contributed by atoms with Crippen LogP contribution in [0.4, 0.5) is 0 Å². The first-order chi connectivity index (χ1) is 17.4. The van der Waals surface area contributed by atoms with Gasteiger partial charge in [-0.2, -0.15) is 0 Å². The first-order valence-corrected chi connectivity index (χ1v) is 13.6. The molecule has 0 atom stereocenters. The normalized spacial score (nSPS) is 12.6. The third-order valence-electron chi connectivity index (χ3n) is 5.70. The van der Waals surface area contributed by atoms with Gasteiger partial charge in [0.2, 0.25) is 6.41 Å². The van der Waals surface area contributed by atoms with E-state index in [2.05, 4.69) is 47.8 Å². The fourth-order valence-electron chi connectivity index (χ4n) is 3.65. The molecule has 1 fully saturated rings. The number of allylic oxidation sites excluding steroid dienone is 2. The number of esters is 1. The average Bonchev–Trinajstić information content (AvgIpc) is 3.39. The lowest BCUT2D eigenvalue weighted by Crippen LogP contribution is -2.24. The first-order valence-electron chi connectivity index (χ1n) is 13.6. The summed E-state index contributed by atoms with van der Waals surface area (Å²) in [7, 11) is 0. The molecule has 0 bridgehead atoms. The third-order valence-corrected chi connectivity index (χ3v) is 5.70. The van der Waals surface area contributed by atoms with Crippen molar-refractivity contribution in [3.8, 4) is 0 Å². The van der Waals surface area contributed by atoms with Crippen LogP contribution < -0.4 is 5.32 Å². The van der Waals surface area contributed by atoms with E-state index in [1.807, 2.05) is 0 Å². The van der Waals surface area contributed by atoms with E-state index >= 15 is 0 Å². The molecule has 0 aliphatic heterocycles. The van der Waals surface area contributed by atoms with Crippen molar-refractivity contribution in [2.45, 2.75) is 117 Å². The molecule has 1 N–H and O–H groups in total. The van der Waals surface area contributed by atoms with Crippen LogP contribution in [0.5, 0.6) is 0 Å². The van der Waals surface area contributed by atoms with Gasteiger partial charge in [0.15, 0.2) is 0 Å². The molecule has 0 radical (unpaired) electrons. The number of ether oxygens (including phenoxy) is 1. The minimum Gasteiger partial charge on any atom is -0.462 e. The van der Waals surface area contributed by atoms with Crippen molar-refractivity contribution in [2.24, 2.45) is 5.92 Å². The number of unbranched alkanes of at least 4 members (excludes halogenated alkanes) is 6. The lowest BCUT2D eigenvalue weighted by Gasteiger charge is -2.07. The van der Waals surface area contributed by atoms with E-state index in [4.69, 9.17) is 0 Å². The molecule has 1 rings (SSSR count). The molecule has 1 amide bonds. The molecule has 0 spiro atoms. The predicted molar refractivity (Wildman–Crippen MR) is 142 cm³/mol. The lowest BCUT2D eigenvalue weighted by molar-refractivity contribution is -0.757. The Morgan fingerprint density at radius 3 is 2.25 bits per heavy atom. The zero-order chi connectivity index (χ0) is 27.3. The van der Waals surface area contributed by atoms with Crippen molar-refractivity contribution in [2.75, 3.05) is 19.8 Å². The van der Waals surface area contributed by atoms with Crippen LogP contribution in [0.1, 0.15) is 117 Å². The van der Waals surface area contributed by atoms with Gasteiger partial charge < -0.3 is 14.9 Å². The summed E-state index contributed by atoms with van der Waals surface area (Å²) in [4.78, 5) is 45.4. The predicted octanol–water partition coefficient (Wildman–Crippen LogP) is 6.12. The number of hydrogen-bond acceptors (Lipinski definition) is 7. The average molecular weight is 515 g/mol. The van der Waals surface area contributed by atoms with E-state index in [9.17, 15) is 24.5 Å². The Morgan fingerprint density at radius 2 is 1.67 bits per heavy atom. The van der Waals surface area contributed by atoms with Crippen LogP contribution in [0.15, 0.2) is 12.2 Å². The summed E-state index contributed by atoms with van der Waals surface area (Å²) in [6.07, 6.45) is 23.3. The van der Waals surface area contributed by atoms with E-state index in [-0.39, 0.29) is 19.8 Å². The zero-order valence-electron chi connectivity index (χ0n) is 22.8. The molecule has 9 nitrogen and oxygen atoms in total. The molecule has 0 aromatic rings. The molecule has 0 saturated heterocycles. The van der Waals surface area contributed by atoms with Gasteiger partial charge in [0, 0.05) is 12.8 Å². The van der Waals surface area contributed by atoms with E-state index in [0.717, 1.165) is 25.2 Å². The standard InChI is InChI=1S/C15H28O.C7H14.C5H8N2O6/c1-2-3-4-5-6-11-15(16)13-12-14-9-7-8-10-14;1-3-5-7-6-4-2;8-4-6-3-5(9)12-1-2-13-7(10)11/h14H,2-13H2,1H3;3,5H,4,6-7H2,1-2H3;4H,1-3H2,(H,6,8)/b;5-3-;. The molecule has 1 aliphatic carbocycles. The second kappa shape index (κ2) is 28.8. The zero-order valence-corrected chi connectivity index (χ0v) is 22.8. The maximum atomic E-state index is 11.6. The quantitative estimate of drug-likeness (QED) is 0.0549. The minimum absolute atomic E-state index is 0.222. The van der Waals surface area contributed by atoms with Crippen molar-refractivity contribution < 1.29 is 29.0 Å². The Labute approximate surface area is 217 Å². The van der Waals surface area contributed by atoms with E-state index in [1.54, 1.807) is 0 Å². The third kappa shape index (κ3) is 29.6. The van der Waals surface area contributed by atoms with Crippen molar-refractivity contribution in [3.05, 3.63) is 22.3 Å². The molecule has 210 valence electrons. The molecule has 0 aromatic carbocycles. The van der Waals surface area contributed by atoms with Gasteiger partial charge in [-0.1, -0.05) is 90.2 Å². The van der Waals surface area contributed by atoms with Gasteiger partial charge in [0.1, 0.15) is 25.5 Å². The van der Waals surface area contributed by atoms with Crippen molar-refractivity contribution in [3.63, 3.8) is 0 Å². The van der Waals surface area contributed by atoms with Gasteiger partial charge in [-0.3, -0.25) is 14.4 Å². The van der Waals surface area contributed by atoms with Gasteiger partial charge in [-0.15, -0.1) is 10.1 Å². The second-order valence-corrected chi connectivity index (χ2v) is 8.88. The maximum absolute atomic E-state index is 11.6. The molecular formula is C27H50N2O7. The van der Waals surface area contributed by atoms with Crippen LogP contribution in [0, 0.1) is 16.0 Å². The largest absolute Gasteiger partial charge is 0.462 e. The summed E-state index contributed by atoms with van der Waals surface area (Å²) in [5, 5.41) is 10.7. The van der Waals surface area contributed by atoms with Crippen molar-refractivity contribution >= 4 is 18.2 Å². The number of hydrogen-bond donors (Lipinski definition) is 1. The number of rotatable bonds is 19. The molecule has 36 heavy (non-hydrogen) atoms. The van der Waals surface area contributed by atoms with Gasteiger partial charge in [-0.25, -0.2) is 0 Å². The Balaban J connectivity index is 0. The number of nitrogens with zero attached hydrogens (tertiary/aromatic N) is 1. The van der Waals surface area contributed by atoms with Crippen LogP contribution in [-0.2, 0) is 24.0 Å². The van der Waals surface area contributed by atoms with Gasteiger partial charge in [0.25, 0.3) is 5.09 Å². The van der Waals surface area contributed by atoms with Crippen LogP contribution in [0.2, 0.25) is 0 Å². The van der Waals surface area contributed by atoms with E-state index in [1.165, 1.54) is 77.0 Å². The SMILES string of the molecule is C/C=C\CCCC.CCCCCCCC(=O)CCC1CCCC1.O=CNCC(=O)OCCO[N+](=O)[O-]. The van der Waals surface area contributed by atoms with E-state index in [0.29, 0.717) is 12.2 Å². The van der Waals surface area contributed by atoms with Crippen LogP contribution in [-0.4, -0.2) is 43.0 Å². The summed E-state index contributed by atoms with van der Waals surface area (Å²) in [5.74, 6) is 0.714. The summed E-state index contributed by atoms with van der Waals surface area (Å²) in [6, 6.07) is 0. The molecule has 0 heterocycles. The minimum atomic E-state index is -0.989. The molecular weight excluding hydrogens is 464 g/mol. The smallest absolute Gasteiger partial charge is 0.325 e. The Hall–Kier alpha value is -2.45. The van der Waals surface area contributed by atoms with Crippen molar-refractivity contribution in [1.82, 2.24) is 5.32 Å². The maximum Gasteiger partial charge on any atom is 0.325 e. The highest BCUT2D eigenvalue weighted by Gasteiger charge is 2.15. The van der Waals surface area contributed by atoms with E-state index < -0.39 is 11.1 Å². The number of Topliss-reactive ketones (excluding diaryl/α,β-unsaturated/α-hetero) is 1. The fourth-order valence-corrected chi connectivity index (χ4v) is 3.65. The molecule has 1 aliphatic rings. The van der Waals surface area contributed by atoms with Gasteiger partial charge in [-0.05, 0) is 32.1 Å². The number of amides is 1.